The van der Waals surface area contributed by atoms with Gasteiger partial charge in [0.2, 0.25) is 0 Å². The maximum atomic E-state index is 2.89. The van der Waals surface area contributed by atoms with E-state index >= 15 is 0 Å². The number of likely N-dealkylation sites (tertiary alicyclic amines) is 1. The summed E-state index contributed by atoms with van der Waals surface area (Å²) in [7, 11) is 0. The predicted molar refractivity (Wildman–Crippen MR) is 112 cm³/mol. The van der Waals surface area contributed by atoms with Gasteiger partial charge in [-0.1, -0.05) is 43.9 Å². The summed E-state index contributed by atoms with van der Waals surface area (Å²) in [5, 5.41) is 0. The minimum atomic E-state index is 0. The fourth-order valence-electron chi connectivity index (χ4n) is 6.56. The molecule has 3 heteroatoms. The zero-order valence-electron chi connectivity index (χ0n) is 16.1. The maximum absolute atomic E-state index is 2.89. The maximum Gasteiger partial charge on any atom is 0.0443 e. The molecule has 4 fully saturated rings. The standard InChI is InChI=1S/C23H34N2.ClH/c1-2-8-21(9-3-1)25-17-14-23(25)12-15-24(16-13-23)22-11-10-19-6-4-5-7-20(19)18-22;/h1-3,8-9,19-20,22H,4-7,10-18H2;1H. The number of fused-ring (bicyclic) bond motifs is 1. The lowest BCUT2D eigenvalue weighted by Gasteiger charge is -2.59. The average molecular weight is 375 g/mol. The van der Waals surface area contributed by atoms with Gasteiger partial charge in [-0.05, 0) is 62.5 Å². The predicted octanol–water partition coefficient (Wildman–Crippen LogP) is 5.51. The van der Waals surface area contributed by atoms with Crippen LogP contribution in [0, 0.1) is 11.8 Å². The highest BCUT2D eigenvalue weighted by Gasteiger charge is 2.47. The quantitative estimate of drug-likeness (QED) is 0.673. The molecule has 1 spiro atoms. The molecule has 2 nitrogen and oxygen atoms in total. The first kappa shape index (κ1) is 18.6. The lowest BCUT2D eigenvalue weighted by atomic mass is 9.68. The van der Waals surface area contributed by atoms with Crippen LogP contribution < -0.4 is 4.90 Å². The Hall–Kier alpha value is -0.730. The Kier molecular flexibility index (Phi) is 5.53. The van der Waals surface area contributed by atoms with Crippen LogP contribution in [0.25, 0.3) is 0 Å². The molecular weight excluding hydrogens is 340 g/mol. The SMILES string of the molecule is Cl.c1ccc(N2CCC23CCN(C2CCC4CCCCC4C2)CC3)cc1. The van der Waals surface area contributed by atoms with E-state index in [1.807, 2.05) is 0 Å². The molecule has 4 aliphatic rings. The van der Waals surface area contributed by atoms with E-state index in [1.165, 1.54) is 89.5 Å². The Balaban J connectivity index is 0.00000168. The summed E-state index contributed by atoms with van der Waals surface area (Å²) in [6, 6.07) is 12.0. The lowest BCUT2D eigenvalue weighted by Crippen LogP contribution is -2.65. The van der Waals surface area contributed by atoms with E-state index in [0.29, 0.717) is 5.54 Å². The van der Waals surface area contributed by atoms with Crippen molar-refractivity contribution >= 4 is 18.1 Å². The second kappa shape index (κ2) is 7.72. The first-order chi connectivity index (χ1) is 12.3. The van der Waals surface area contributed by atoms with Crippen molar-refractivity contribution in [1.82, 2.24) is 4.90 Å². The topological polar surface area (TPSA) is 6.48 Å². The molecule has 0 amide bonds. The Morgan fingerprint density at radius 1 is 0.769 bits per heavy atom. The summed E-state index contributed by atoms with van der Waals surface area (Å²) in [6.07, 6.45) is 14.8. The van der Waals surface area contributed by atoms with Crippen LogP contribution in [0.15, 0.2) is 30.3 Å². The van der Waals surface area contributed by atoms with Crippen molar-refractivity contribution in [3.8, 4) is 0 Å². The van der Waals surface area contributed by atoms with Gasteiger partial charge in [0.05, 0.1) is 0 Å². The molecule has 2 saturated carbocycles. The molecule has 2 saturated heterocycles. The number of benzene rings is 1. The van der Waals surface area contributed by atoms with Gasteiger partial charge in [-0.3, -0.25) is 0 Å². The number of hydrogen-bond acceptors (Lipinski definition) is 2. The molecule has 144 valence electrons. The van der Waals surface area contributed by atoms with Gasteiger partial charge < -0.3 is 9.80 Å². The molecule has 2 aliphatic carbocycles. The molecule has 3 unspecified atom stereocenters. The van der Waals surface area contributed by atoms with Gasteiger partial charge in [0.25, 0.3) is 0 Å². The van der Waals surface area contributed by atoms with Gasteiger partial charge in [-0.2, -0.15) is 0 Å². The number of nitrogens with zero attached hydrogens (tertiary/aromatic N) is 2. The molecule has 1 aromatic carbocycles. The first-order valence-electron chi connectivity index (χ1n) is 10.9. The Bertz CT molecular complexity index is 581. The molecule has 5 rings (SSSR count). The molecule has 0 bridgehead atoms. The Morgan fingerprint density at radius 2 is 1.46 bits per heavy atom. The average Bonchev–Trinajstić information content (AvgIpc) is 2.68. The van der Waals surface area contributed by atoms with Crippen LogP contribution in [0.1, 0.15) is 64.2 Å². The zero-order chi connectivity index (χ0) is 16.7. The van der Waals surface area contributed by atoms with E-state index < -0.39 is 0 Å². The van der Waals surface area contributed by atoms with Gasteiger partial charge in [-0.25, -0.2) is 0 Å². The van der Waals surface area contributed by atoms with Crippen LogP contribution in [-0.2, 0) is 0 Å². The van der Waals surface area contributed by atoms with Crippen LogP contribution in [0.3, 0.4) is 0 Å². The van der Waals surface area contributed by atoms with E-state index in [1.54, 1.807) is 0 Å². The number of piperidine rings is 1. The summed E-state index contributed by atoms with van der Waals surface area (Å²) in [5.74, 6) is 2.15. The summed E-state index contributed by atoms with van der Waals surface area (Å²) in [5.41, 5.74) is 1.94. The van der Waals surface area contributed by atoms with Gasteiger partial charge >= 0.3 is 0 Å². The molecule has 26 heavy (non-hydrogen) atoms. The molecule has 2 heterocycles. The largest absolute Gasteiger partial charge is 0.366 e. The fraction of sp³-hybridized carbons (Fsp3) is 0.739. The van der Waals surface area contributed by atoms with Crippen molar-refractivity contribution in [2.45, 2.75) is 75.8 Å². The number of halogens is 1. The summed E-state index contributed by atoms with van der Waals surface area (Å²) in [4.78, 5) is 5.60. The van der Waals surface area contributed by atoms with Crippen molar-refractivity contribution in [2.75, 3.05) is 24.5 Å². The highest BCUT2D eigenvalue weighted by molar-refractivity contribution is 5.85. The van der Waals surface area contributed by atoms with Crippen molar-refractivity contribution in [2.24, 2.45) is 11.8 Å². The second-order valence-corrected chi connectivity index (χ2v) is 9.27. The van der Waals surface area contributed by atoms with E-state index in [2.05, 4.69) is 40.1 Å². The molecule has 3 atom stereocenters. The van der Waals surface area contributed by atoms with E-state index in [0.717, 1.165) is 17.9 Å². The minimum Gasteiger partial charge on any atom is -0.366 e. The van der Waals surface area contributed by atoms with Gasteiger partial charge in [-0.15, -0.1) is 12.4 Å². The minimum absolute atomic E-state index is 0. The molecular formula is C23H35ClN2. The van der Waals surface area contributed by atoms with E-state index in [9.17, 15) is 0 Å². The molecule has 0 aromatic heterocycles. The van der Waals surface area contributed by atoms with Crippen molar-refractivity contribution < 1.29 is 0 Å². The highest BCUT2D eigenvalue weighted by atomic mass is 35.5. The zero-order valence-corrected chi connectivity index (χ0v) is 16.9. The molecule has 2 aliphatic heterocycles. The van der Waals surface area contributed by atoms with Gasteiger partial charge in [0.15, 0.2) is 0 Å². The van der Waals surface area contributed by atoms with Crippen LogP contribution in [-0.4, -0.2) is 36.1 Å². The van der Waals surface area contributed by atoms with E-state index in [4.69, 9.17) is 0 Å². The normalized spacial score (nSPS) is 33.8. The highest BCUT2D eigenvalue weighted by Crippen LogP contribution is 2.46. The molecule has 1 aromatic rings. The third-order valence-electron chi connectivity index (χ3n) is 8.20. The Labute approximate surface area is 165 Å². The van der Waals surface area contributed by atoms with Crippen LogP contribution in [0.2, 0.25) is 0 Å². The summed E-state index contributed by atoms with van der Waals surface area (Å²) in [6.45, 7) is 3.94. The molecule has 0 radical (unpaired) electrons. The number of rotatable bonds is 2. The second-order valence-electron chi connectivity index (χ2n) is 9.27. The molecule has 0 N–H and O–H groups in total. The number of para-hydroxylation sites is 1. The third-order valence-corrected chi connectivity index (χ3v) is 8.20. The number of hydrogen-bond donors (Lipinski definition) is 0. The summed E-state index contributed by atoms with van der Waals surface area (Å²) < 4.78 is 0. The van der Waals surface area contributed by atoms with E-state index in [-0.39, 0.29) is 12.4 Å². The van der Waals surface area contributed by atoms with Gasteiger partial charge in [0, 0.05) is 36.9 Å². The van der Waals surface area contributed by atoms with Crippen LogP contribution in [0.4, 0.5) is 5.69 Å². The number of anilines is 1. The van der Waals surface area contributed by atoms with Crippen molar-refractivity contribution in [3.63, 3.8) is 0 Å². The lowest BCUT2D eigenvalue weighted by molar-refractivity contribution is 0.0343. The monoisotopic (exact) mass is 374 g/mol. The van der Waals surface area contributed by atoms with Crippen LogP contribution in [0.5, 0.6) is 0 Å². The Morgan fingerprint density at radius 3 is 2.15 bits per heavy atom. The first-order valence-corrected chi connectivity index (χ1v) is 10.9. The van der Waals surface area contributed by atoms with Gasteiger partial charge in [0.1, 0.15) is 0 Å². The fourth-order valence-corrected chi connectivity index (χ4v) is 6.56. The third kappa shape index (κ3) is 3.29. The summed E-state index contributed by atoms with van der Waals surface area (Å²) >= 11 is 0. The smallest absolute Gasteiger partial charge is 0.0443 e. The van der Waals surface area contributed by atoms with Crippen molar-refractivity contribution in [3.05, 3.63) is 30.3 Å². The van der Waals surface area contributed by atoms with Crippen molar-refractivity contribution in [1.29, 1.82) is 0 Å². The van der Waals surface area contributed by atoms with Crippen LogP contribution >= 0.6 is 12.4 Å².